The van der Waals surface area contributed by atoms with Gasteiger partial charge in [0.05, 0.1) is 12.5 Å². The Bertz CT molecular complexity index is 1760. The zero-order chi connectivity index (χ0) is 41.0. The third-order valence-electron chi connectivity index (χ3n) is 13.0. The number of phenolic OH excluding ortho intramolecular Hbond substituents is 1. The van der Waals surface area contributed by atoms with Crippen molar-refractivity contribution in [1.29, 1.82) is 0 Å². The summed E-state index contributed by atoms with van der Waals surface area (Å²) in [7, 11) is 0. The molecular weight excluding hydrogens is 726 g/mol. The molecular formula is C40H55N5O11. The van der Waals surface area contributed by atoms with Gasteiger partial charge in [0, 0.05) is 31.2 Å². The normalized spacial score (nSPS) is 30.3. The Kier molecular flexibility index (Phi) is 12.9. The van der Waals surface area contributed by atoms with Gasteiger partial charge < -0.3 is 47.3 Å². The molecule has 1 aromatic rings. The molecule has 3 fully saturated rings. The predicted octanol–water partition coefficient (Wildman–Crippen LogP) is 1.17. The predicted molar refractivity (Wildman–Crippen MR) is 201 cm³/mol. The van der Waals surface area contributed by atoms with Crippen LogP contribution in [0.3, 0.4) is 0 Å². The zero-order valence-electron chi connectivity index (χ0n) is 32.0. The number of hydrogen-bond acceptors (Lipinski definition) is 11. The number of hydrogen-bond donors (Lipinski definition) is 8. The number of esters is 1. The number of carboxylic acid groups (broad SMARTS) is 1. The first-order chi connectivity index (χ1) is 26.4. The maximum absolute atomic E-state index is 13.7. The van der Waals surface area contributed by atoms with Crippen LogP contribution >= 0.6 is 0 Å². The highest BCUT2D eigenvalue weighted by atomic mass is 16.5. The number of benzene rings is 1. The van der Waals surface area contributed by atoms with Crippen LogP contribution in [0.5, 0.6) is 5.75 Å². The smallest absolute Gasteiger partial charge is 0.326 e. The van der Waals surface area contributed by atoms with Gasteiger partial charge in [0.1, 0.15) is 23.4 Å². The number of ketones is 2. The Morgan fingerprint density at radius 1 is 1.00 bits per heavy atom. The van der Waals surface area contributed by atoms with E-state index in [0.29, 0.717) is 24.8 Å². The molecule has 0 radical (unpaired) electrons. The molecule has 0 spiro atoms. The SMILES string of the molecule is C[C@]12CCC(=O)C=C1CC[C@@H]1[C@@H]2C(O)C[C@@]2(C)[C@H]1CC[C@]2(O)C(=O)COC(=O)CCC(=O)N[C@@H](Cc1ccc(O)cc1)C(=O)N[C@@H](CCCN=C(N)N)C(=O)O. The highest BCUT2D eigenvalue weighted by Gasteiger charge is 2.68. The molecule has 16 heteroatoms. The number of carbonyl (C=O) groups excluding carboxylic acids is 5. The molecule has 0 bridgehead atoms. The van der Waals surface area contributed by atoms with Crippen molar-refractivity contribution in [2.75, 3.05) is 13.2 Å². The number of ether oxygens (including phenoxy) is 1. The molecule has 3 saturated carbocycles. The molecule has 4 aliphatic rings. The number of phenols is 1. The maximum atomic E-state index is 13.7. The first kappa shape index (κ1) is 42.3. The van der Waals surface area contributed by atoms with E-state index in [1.165, 1.54) is 24.3 Å². The summed E-state index contributed by atoms with van der Waals surface area (Å²) < 4.78 is 5.26. The van der Waals surface area contributed by atoms with Crippen molar-refractivity contribution in [2.45, 2.75) is 115 Å². The van der Waals surface area contributed by atoms with Crippen molar-refractivity contribution in [3.05, 3.63) is 41.5 Å². The van der Waals surface area contributed by atoms with E-state index in [0.717, 1.165) is 18.4 Å². The summed E-state index contributed by atoms with van der Waals surface area (Å²) in [5, 5.41) is 47.9. The van der Waals surface area contributed by atoms with Crippen molar-refractivity contribution in [1.82, 2.24) is 10.6 Å². The third-order valence-corrected chi connectivity index (χ3v) is 13.0. The second kappa shape index (κ2) is 17.1. The van der Waals surface area contributed by atoms with Crippen LogP contribution < -0.4 is 22.1 Å². The number of rotatable bonds is 16. The Morgan fingerprint density at radius 3 is 2.39 bits per heavy atom. The zero-order valence-corrected chi connectivity index (χ0v) is 32.0. The fourth-order valence-electron chi connectivity index (χ4n) is 10.1. The lowest BCUT2D eigenvalue weighted by Gasteiger charge is -2.60. The first-order valence-corrected chi connectivity index (χ1v) is 19.4. The number of carbonyl (C=O) groups is 6. The monoisotopic (exact) mass is 781 g/mol. The van der Waals surface area contributed by atoms with Crippen LogP contribution in [0, 0.1) is 28.6 Å². The molecule has 1 unspecified atom stereocenters. The van der Waals surface area contributed by atoms with Crippen LogP contribution in [0.2, 0.25) is 0 Å². The number of fused-ring (bicyclic) bond motifs is 5. The quantitative estimate of drug-likeness (QED) is 0.0507. The van der Waals surface area contributed by atoms with E-state index in [2.05, 4.69) is 22.5 Å². The second-order valence-electron chi connectivity index (χ2n) is 16.4. The molecule has 9 atom stereocenters. The number of aliphatic hydroxyl groups excluding tert-OH is 1. The molecule has 5 rings (SSSR count). The summed E-state index contributed by atoms with van der Waals surface area (Å²) in [5.41, 5.74) is 9.13. The van der Waals surface area contributed by atoms with Gasteiger partial charge in [-0.15, -0.1) is 0 Å². The number of nitrogens with zero attached hydrogens (tertiary/aromatic N) is 1. The van der Waals surface area contributed by atoms with Crippen molar-refractivity contribution >= 4 is 41.3 Å². The molecule has 0 aromatic heterocycles. The lowest BCUT2D eigenvalue weighted by Crippen LogP contribution is -2.62. The van der Waals surface area contributed by atoms with Crippen molar-refractivity contribution < 1.29 is 53.9 Å². The van der Waals surface area contributed by atoms with Crippen LogP contribution in [-0.2, 0) is 39.9 Å². The summed E-state index contributed by atoms with van der Waals surface area (Å²) in [5.74, 6) is -4.53. The fourth-order valence-corrected chi connectivity index (χ4v) is 10.1. The molecule has 4 aliphatic carbocycles. The van der Waals surface area contributed by atoms with Crippen LogP contribution in [0.1, 0.15) is 90.0 Å². The topological polar surface area (TPSA) is 281 Å². The summed E-state index contributed by atoms with van der Waals surface area (Å²) in [4.78, 5) is 80.7. The highest BCUT2D eigenvalue weighted by Crippen LogP contribution is 2.67. The minimum Gasteiger partial charge on any atom is -0.508 e. The minimum absolute atomic E-state index is 0.0000473. The maximum Gasteiger partial charge on any atom is 0.326 e. The molecule has 0 aliphatic heterocycles. The molecule has 1 aromatic carbocycles. The van der Waals surface area contributed by atoms with Crippen LogP contribution in [0.25, 0.3) is 0 Å². The van der Waals surface area contributed by atoms with Gasteiger partial charge in [0.2, 0.25) is 17.6 Å². The Hall–Kier alpha value is -4.83. The standard InChI is InChI=1S/C40H55N5O11/c1-38-15-13-25(47)19-23(38)7-10-26-27-14-16-40(55,39(27,2)20-30(48)34(26)38)31(49)21-56-33(51)12-11-32(50)44-29(18-22-5-8-24(46)9-6-22)35(52)45-28(36(53)54)4-3-17-43-37(41)42/h5-6,8-9,19,26-30,34,46,48,55H,3-4,7,10-18,20-21H2,1-2H3,(H,44,50)(H,45,52)(H,53,54)(H4,41,42,43)/t26-,27-,28-,29-,30?,34+,38-,39-,40-/m0/s1. The van der Waals surface area contributed by atoms with Crippen molar-refractivity contribution in [3.63, 3.8) is 0 Å². The van der Waals surface area contributed by atoms with E-state index >= 15 is 0 Å². The van der Waals surface area contributed by atoms with Gasteiger partial charge in [0.15, 0.2) is 18.3 Å². The average molecular weight is 782 g/mol. The van der Waals surface area contributed by atoms with Crippen LogP contribution in [0.15, 0.2) is 40.9 Å². The molecule has 0 saturated heterocycles. The van der Waals surface area contributed by atoms with Gasteiger partial charge in [-0.25, -0.2) is 4.79 Å². The summed E-state index contributed by atoms with van der Waals surface area (Å²) in [6.07, 6.45) is 3.74. The largest absolute Gasteiger partial charge is 0.508 e. The van der Waals surface area contributed by atoms with Gasteiger partial charge in [0.25, 0.3) is 0 Å². The van der Waals surface area contributed by atoms with E-state index in [9.17, 15) is 49.2 Å². The second-order valence-corrected chi connectivity index (χ2v) is 16.4. The van der Waals surface area contributed by atoms with Crippen LogP contribution in [-0.4, -0.2) is 98.6 Å². The number of guanidine groups is 1. The van der Waals surface area contributed by atoms with E-state index in [1.807, 2.05) is 6.92 Å². The van der Waals surface area contributed by atoms with Gasteiger partial charge >= 0.3 is 11.9 Å². The average Bonchev–Trinajstić information content (AvgIpc) is 3.41. The number of amides is 2. The number of nitrogens with two attached hydrogens (primary N) is 2. The summed E-state index contributed by atoms with van der Waals surface area (Å²) in [6.45, 7) is 3.38. The van der Waals surface area contributed by atoms with E-state index in [1.54, 1.807) is 6.08 Å². The first-order valence-electron chi connectivity index (χ1n) is 19.4. The number of aliphatic hydroxyl groups is 2. The van der Waals surface area contributed by atoms with Crippen molar-refractivity contribution in [2.24, 2.45) is 45.0 Å². The van der Waals surface area contributed by atoms with Crippen LogP contribution in [0.4, 0.5) is 0 Å². The van der Waals surface area contributed by atoms with Gasteiger partial charge in [-0.1, -0.05) is 31.6 Å². The number of nitrogens with one attached hydrogen (secondary N) is 2. The highest BCUT2D eigenvalue weighted by molar-refractivity contribution is 5.93. The fraction of sp³-hybridized carbons (Fsp3) is 0.625. The molecule has 0 heterocycles. The lowest BCUT2D eigenvalue weighted by atomic mass is 9.45. The Morgan fingerprint density at radius 2 is 1.71 bits per heavy atom. The van der Waals surface area contributed by atoms with Gasteiger partial charge in [-0.05, 0) is 98.3 Å². The summed E-state index contributed by atoms with van der Waals surface area (Å²) >= 11 is 0. The molecule has 306 valence electrons. The molecule has 2 amide bonds. The Labute approximate surface area is 325 Å². The van der Waals surface area contributed by atoms with E-state index in [4.69, 9.17) is 16.2 Å². The summed E-state index contributed by atoms with van der Waals surface area (Å²) in [6, 6.07) is 3.30. The van der Waals surface area contributed by atoms with E-state index < -0.39 is 78.2 Å². The lowest BCUT2D eigenvalue weighted by molar-refractivity contribution is -0.184. The molecule has 56 heavy (non-hydrogen) atoms. The number of Topliss-reactive ketones (excluding diaryl/α,β-unsaturated/α-hetero) is 1. The number of aliphatic imine (C=N–C) groups is 1. The molecule has 16 nitrogen and oxygen atoms in total. The van der Waals surface area contributed by atoms with Crippen molar-refractivity contribution in [3.8, 4) is 5.75 Å². The van der Waals surface area contributed by atoms with Gasteiger partial charge in [-0.3, -0.25) is 29.0 Å². The number of allylic oxidation sites excluding steroid dienone is 1. The molecule has 10 N–H and O–H groups in total. The number of aromatic hydroxyl groups is 1. The Balaban J connectivity index is 1.16. The van der Waals surface area contributed by atoms with E-state index in [-0.39, 0.29) is 79.3 Å². The number of aliphatic carboxylic acids is 1. The minimum atomic E-state index is -1.84. The third kappa shape index (κ3) is 8.91. The van der Waals surface area contributed by atoms with Gasteiger partial charge in [-0.2, -0.15) is 0 Å². The number of carboxylic acids is 1.